The van der Waals surface area contributed by atoms with Crippen molar-refractivity contribution in [1.29, 1.82) is 5.26 Å². The lowest BCUT2D eigenvalue weighted by Gasteiger charge is -2.06. The molecule has 1 N–H and O–H groups in total. The van der Waals surface area contributed by atoms with E-state index in [4.69, 9.17) is 10.00 Å². The maximum atomic E-state index is 11.6. The molecule has 0 unspecified atom stereocenters. The van der Waals surface area contributed by atoms with Gasteiger partial charge in [0.25, 0.3) is 5.91 Å². The summed E-state index contributed by atoms with van der Waals surface area (Å²) in [5.74, 6) is 0.163. The first-order valence-corrected chi connectivity index (χ1v) is 4.42. The van der Waals surface area contributed by atoms with E-state index in [9.17, 15) is 4.79 Å². The molecule has 0 saturated heterocycles. The van der Waals surface area contributed by atoms with Crippen LogP contribution in [0.4, 0.5) is 0 Å². The molecule has 0 aliphatic carbocycles. The summed E-state index contributed by atoms with van der Waals surface area (Å²) in [6.07, 6.45) is 3.28. The van der Waals surface area contributed by atoms with E-state index in [0.717, 1.165) is 0 Å². The number of nitrogens with zero attached hydrogens (tertiary/aromatic N) is 2. The van der Waals surface area contributed by atoms with Crippen molar-refractivity contribution in [3.63, 3.8) is 0 Å². The predicted octanol–water partition coefficient (Wildman–Crippen LogP) is 0.734. The van der Waals surface area contributed by atoms with E-state index >= 15 is 0 Å². The smallest absolute Gasteiger partial charge is 0.255 e. The third-order valence-corrected chi connectivity index (χ3v) is 1.77. The molecular weight excluding hydrogens is 194 g/mol. The fraction of sp³-hybridized carbons (Fsp3) is 0.300. The first kappa shape index (κ1) is 11.0. The average Bonchev–Trinajstić information content (AvgIpc) is 2.29. The number of amides is 1. The van der Waals surface area contributed by atoms with Crippen LogP contribution in [0.2, 0.25) is 0 Å². The quantitative estimate of drug-likeness (QED) is 0.735. The number of nitriles is 1. The molecule has 5 nitrogen and oxygen atoms in total. The Morgan fingerprint density at radius 3 is 3.20 bits per heavy atom. The molecule has 1 aromatic heterocycles. The molecule has 1 aromatic rings. The number of ether oxygens (including phenoxy) is 1. The van der Waals surface area contributed by atoms with E-state index in [1.54, 1.807) is 6.07 Å². The van der Waals surface area contributed by atoms with Crippen molar-refractivity contribution in [3.8, 4) is 11.8 Å². The summed E-state index contributed by atoms with van der Waals surface area (Å²) in [4.78, 5) is 15.4. The number of pyridine rings is 1. The SMILES string of the molecule is COc1cnccc1C(=O)NCCC#N. The van der Waals surface area contributed by atoms with Crippen LogP contribution < -0.4 is 10.1 Å². The minimum absolute atomic E-state index is 0.260. The van der Waals surface area contributed by atoms with Crippen LogP contribution in [0.1, 0.15) is 16.8 Å². The van der Waals surface area contributed by atoms with Crippen molar-refractivity contribution in [3.05, 3.63) is 24.0 Å². The number of carbonyl (C=O) groups excluding carboxylic acids is 1. The Morgan fingerprint density at radius 2 is 2.53 bits per heavy atom. The number of nitrogens with one attached hydrogen (secondary N) is 1. The molecule has 0 aliphatic rings. The van der Waals surface area contributed by atoms with E-state index < -0.39 is 0 Å². The molecule has 78 valence electrons. The Morgan fingerprint density at radius 1 is 1.73 bits per heavy atom. The van der Waals surface area contributed by atoms with Gasteiger partial charge in [0, 0.05) is 12.7 Å². The van der Waals surface area contributed by atoms with Crippen LogP contribution in [0, 0.1) is 11.3 Å². The van der Waals surface area contributed by atoms with Crippen molar-refractivity contribution in [2.45, 2.75) is 6.42 Å². The lowest BCUT2D eigenvalue weighted by Crippen LogP contribution is -2.24. The van der Waals surface area contributed by atoms with Crippen LogP contribution in [0.3, 0.4) is 0 Å². The van der Waals surface area contributed by atoms with Gasteiger partial charge in [0.15, 0.2) is 0 Å². The van der Waals surface area contributed by atoms with Gasteiger partial charge < -0.3 is 10.1 Å². The van der Waals surface area contributed by atoms with E-state index in [1.165, 1.54) is 19.5 Å². The number of aromatic nitrogens is 1. The van der Waals surface area contributed by atoms with Gasteiger partial charge in [-0.05, 0) is 6.07 Å². The standard InChI is InChI=1S/C10H11N3O2/c1-15-9-7-12-6-3-8(9)10(14)13-5-2-4-11/h3,6-7H,2,5H2,1H3,(H,13,14). The number of hydrogen-bond acceptors (Lipinski definition) is 4. The molecule has 5 heteroatoms. The largest absolute Gasteiger partial charge is 0.494 e. The second kappa shape index (κ2) is 5.60. The highest BCUT2D eigenvalue weighted by Gasteiger charge is 2.10. The van der Waals surface area contributed by atoms with Gasteiger partial charge in [-0.2, -0.15) is 5.26 Å². The highest BCUT2D eigenvalue weighted by molar-refractivity contribution is 5.96. The fourth-order valence-electron chi connectivity index (χ4n) is 1.06. The third kappa shape index (κ3) is 2.95. The second-order valence-electron chi connectivity index (χ2n) is 2.74. The van der Waals surface area contributed by atoms with Crippen LogP contribution in [-0.2, 0) is 0 Å². The first-order chi connectivity index (χ1) is 7.29. The maximum absolute atomic E-state index is 11.6. The number of rotatable bonds is 4. The first-order valence-electron chi connectivity index (χ1n) is 4.42. The minimum Gasteiger partial charge on any atom is -0.494 e. The van der Waals surface area contributed by atoms with Gasteiger partial charge >= 0.3 is 0 Å². The van der Waals surface area contributed by atoms with Crippen LogP contribution in [-0.4, -0.2) is 24.5 Å². The third-order valence-electron chi connectivity index (χ3n) is 1.77. The van der Waals surface area contributed by atoms with Gasteiger partial charge in [-0.25, -0.2) is 0 Å². The molecule has 15 heavy (non-hydrogen) atoms. The van der Waals surface area contributed by atoms with E-state index in [1.807, 2.05) is 6.07 Å². The molecule has 0 atom stereocenters. The van der Waals surface area contributed by atoms with Gasteiger partial charge in [0.05, 0.1) is 31.4 Å². The van der Waals surface area contributed by atoms with Crippen molar-refractivity contribution in [2.24, 2.45) is 0 Å². The monoisotopic (exact) mass is 205 g/mol. The van der Waals surface area contributed by atoms with Crippen molar-refractivity contribution in [1.82, 2.24) is 10.3 Å². The zero-order valence-corrected chi connectivity index (χ0v) is 8.36. The summed E-state index contributed by atoms with van der Waals surface area (Å²) in [7, 11) is 1.48. The van der Waals surface area contributed by atoms with Crippen molar-refractivity contribution >= 4 is 5.91 Å². The summed E-state index contributed by atoms with van der Waals surface area (Å²) < 4.78 is 4.98. The molecule has 0 fully saturated rings. The summed E-state index contributed by atoms with van der Waals surface area (Å²) in [5.41, 5.74) is 0.422. The Balaban J connectivity index is 2.69. The zero-order chi connectivity index (χ0) is 11.1. The average molecular weight is 205 g/mol. The lowest BCUT2D eigenvalue weighted by molar-refractivity contribution is 0.0951. The van der Waals surface area contributed by atoms with Crippen LogP contribution in [0.25, 0.3) is 0 Å². The Hall–Kier alpha value is -2.09. The molecular formula is C10H11N3O2. The number of carbonyl (C=O) groups is 1. The minimum atomic E-state index is -0.260. The highest BCUT2D eigenvalue weighted by atomic mass is 16.5. The lowest BCUT2D eigenvalue weighted by atomic mass is 10.2. The van der Waals surface area contributed by atoms with E-state index in [0.29, 0.717) is 24.3 Å². The zero-order valence-electron chi connectivity index (χ0n) is 8.36. The van der Waals surface area contributed by atoms with E-state index in [-0.39, 0.29) is 5.91 Å². The molecule has 0 bridgehead atoms. The molecule has 1 heterocycles. The summed E-state index contributed by atoms with van der Waals surface area (Å²) in [6, 6.07) is 3.51. The fourth-order valence-corrected chi connectivity index (χ4v) is 1.06. The van der Waals surface area contributed by atoms with Crippen molar-refractivity contribution in [2.75, 3.05) is 13.7 Å². The Kier molecular flexibility index (Phi) is 4.10. The topological polar surface area (TPSA) is 75.0 Å². The molecule has 1 rings (SSSR count). The Labute approximate surface area is 87.7 Å². The molecule has 0 aromatic carbocycles. The van der Waals surface area contributed by atoms with E-state index in [2.05, 4.69) is 10.3 Å². The van der Waals surface area contributed by atoms with Crippen molar-refractivity contribution < 1.29 is 9.53 Å². The second-order valence-corrected chi connectivity index (χ2v) is 2.74. The normalized spacial score (nSPS) is 9.07. The summed E-state index contributed by atoms with van der Waals surface area (Å²) in [5, 5.41) is 10.9. The van der Waals surface area contributed by atoms with Gasteiger partial charge in [-0.3, -0.25) is 9.78 Å². The predicted molar refractivity (Wildman–Crippen MR) is 53.4 cm³/mol. The highest BCUT2D eigenvalue weighted by Crippen LogP contribution is 2.14. The molecule has 1 amide bonds. The maximum Gasteiger partial charge on any atom is 0.255 e. The van der Waals surface area contributed by atoms with Crippen LogP contribution >= 0.6 is 0 Å². The van der Waals surface area contributed by atoms with Gasteiger partial charge in [-0.1, -0.05) is 0 Å². The molecule has 0 radical (unpaired) electrons. The molecule has 0 spiro atoms. The van der Waals surface area contributed by atoms with Crippen LogP contribution in [0.15, 0.2) is 18.5 Å². The number of methoxy groups -OCH3 is 1. The molecule has 0 aliphatic heterocycles. The van der Waals surface area contributed by atoms with Gasteiger partial charge in [-0.15, -0.1) is 0 Å². The summed E-state index contributed by atoms with van der Waals surface area (Å²) in [6.45, 7) is 0.334. The number of hydrogen-bond donors (Lipinski definition) is 1. The van der Waals surface area contributed by atoms with Crippen LogP contribution in [0.5, 0.6) is 5.75 Å². The Bertz CT molecular complexity index is 384. The van der Waals surface area contributed by atoms with Gasteiger partial charge in [0.1, 0.15) is 5.75 Å². The van der Waals surface area contributed by atoms with Gasteiger partial charge in [0.2, 0.25) is 0 Å². The molecule has 0 saturated carbocycles. The summed E-state index contributed by atoms with van der Waals surface area (Å²) >= 11 is 0.